The Balaban J connectivity index is 2.00. The summed E-state index contributed by atoms with van der Waals surface area (Å²) in [6, 6.07) is 7.49. The summed E-state index contributed by atoms with van der Waals surface area (Å²) in [6.45, 7) is 2.79. The molecule has 100 valence electrons. The Morgan fingerprint density at radius 1 is 1.47 bits per heavy atom. The standard InChI is InChI=1S/C14H16N2O2S/c1-9-5-4-8-16(12(9)13(17)18)14-15-10-6-2-3-7-11(10)19-14/h2-3,6-7,9,12H,4-5,8H2,1H3,(H,17,18). The van der Waals surface area contributed by atoms with Crippen molar-refractivity contribution in [2.45, 2.75) is 25.8 Å². The number of hydrogen-bond acceptors (Lipinski definition) is 4. The smallest absolute Gasteiger partial charge is 0.326 e. The van der Waals surface area contributed by atoms with Crippen molar-refractivity contribution in [3.05, 3.63) is 24.3 Å². The van der Waals surface area contributed by atoms with E-state index < -0.39 is 12.0 Å². The van der Waals surface area contributed by atoms with Gasteiger partial charge in [-0.1, -0.05) is 30.4 Å². The third kappa shape index (κ3) is 2.18. The lowest BCUT2D eigenvalue weighted by Crippen LogP contribution is -2.49. The quantitative estimate of drug-likeness (QED) is 0.916. The molecular formula is C14H16N2O2S. The van der Waals surface area contributed by atoms with Gasteiger partial charge in [-0.05, 0) is 30.9 Å². The predicted molar refractivity (Wildman–Crippen MR) is 76.8 cm³/mol. The molecule has 2 aromatic rings. The molecule has 0 radical (unpaired) electrons. The van der Waals surface area contributed by atoms with Crippen molar-refractivity contribution in [3.8, 4) is 0 Å². The summed E-state index contributed by atoms with van der Waals surface area (Å²) in [5, 5.41) is 10.3. The number of thiazole rings is 1. The lowest BCUT2D eigenvalue weighted by molar-refractivity contribution is -0.140. The number of aliphatic carboxylic acids is 1. The molecule has 2 unspecified atom stereocenters. The first-order chi connectivity index (χ1) is 9.16. The maximum Gasteiger partial charge on any atom is 0.326 e. The summed E-state index contributed by atoms with van der Waals surface area (Å²) in [5.41, 5.74) is 0.949. The number of carboxylic acids is 1. The minimum atomic E-state index is -0.744. The number of anilines is 1. The molecule has 0 spiro atoms. The maximum atomic E-state index is 11.5. The van der Waals surface area contributed by atoms with Crippen molar-refractivity contribution in [2.75, 3.05) is 11.4 Å². The van der Waals surface area contributed by atoms with Crippen LogP contribution in [0, 0.1) is 5.92 Å². The van der Waals surface area contributed by atoms with Gasteiger partial charge in [-0.25, -0.2) is 9.78 Å². The number of rotatable bonds is 2. The van der Waals surface area contributed by atoms with Crippen LogP contribution in [0.5, 0.6) is 0 Å². The molecule has 1 aromatic heterocycles. The second-order valence-electron chi connectivity index (χ2n) is 5.06. The molecule has 1 N–H and O–H groups in total. The Kier molecular flexibility index (Phi) is 3.14. The highest BCUT2D eigenvalue weighted by Crippen LogP contribution is 2.34. The zero-order valence-corrected chi connectivity index (χ0v) is 11.6. The zero-order chi connectivity index (χ0) is 13.4. The van der Waals surface area contributed by atoms with Gasteiger partial charge in [0.1, 0.15) is 6.04 Å². The molecule has 19 heavy (non-hydrogen) atoms. The summed E-state index contributed by atoms with van der Waals surface area (Å²) in [4.78, 5) is 18.0. The number of nitrogens with zero attached hydrogens (tertiary/aromatic N) is 2. The van der Waals surface area contributed by atoms with Gasteiger partial charge in [0.15, 0.2) is 5.13 Å². The lowest BCUT2D eigenvalue weighted by Gasteiger charge is -2.37. The van der Waals surface area contributed by atoms with Gasteiger partial charge in [-0.15, -0.1) is 0 Å². The summed E-state index contributed by atoms with van der Waals surface area (Å²) >= 11 is 1.58. The largest absolute Gasteiger partial charge is 0.480 e. The highest BCUT2D eigenvalue weighted by atomic mass is 32.1. The Labute approximate surface area is 115 Å². The van der Waals surface area contributed by atoms with Crippen molar-refractivity contribution < 1.29 is 9.90 Å². The number of para-hydroxylation sites is 1. The molecule has 0 bridgehead atoms. The van der Waals surface area contributed by atoms with E-state index in [0.717, 1.165) is 34.7 Å². The predicted octanol–water partition coefficient (Wildman–Crippen LogP) is 2.99. The first-order valence-electron chi connectivity index (χ1n) is 6.52. The minimum absolute atomic E-state index is 0.165. The van der Waals surface area contributed by atoms with Crippen molar-refractivity contribution in [1.29, 1.82) is 0 Å². The van der Waals surface area contributed by atoms with Gasteiger partial charge >= 0.3 is 5.97 Å². The van der Waals surface area contributed by atoms with E-state index in [-0.39, 0.29) is 5.92 Å². The third-order valence-corrected chi connectivity index (χ3v) is 4.79. The number of piperidine rings is 1. The van der Waals surface area contributed by atoms with Gasteiger partial charge in [-0.2, -0.15) is 0 Å². The summed E-state index contributed by atoms with van der Waals surface area (Å²) < 4.78 is 1.11. The molecule has 1 saturated heterocycles. The highest BCUT2D eigenvalue weighted by molar-refractivity contribution is 7.22. The molecule has 0 aliphatic carbocycles. The van der Waals surface area contributed by atoms with Crippen LogP contribution in [0.25, 0.3) is 10.2 Å². The van der Waals surface area contributed by atoms with Crippen molar-refractivity contribution >= 4 is 32.7 Å². The molecule has 1 fully saturated rings. The van der Waals surface area contributed by atoms with Gasteiger partial charge in [0.05, 0.1) is 10.2 Å². The molecule has 4 nitrogen and oxygen atoms in total. The van der Waals surface area contributed by atoms with Crippen LogP contribution in [-0.4, -0.2) is 28.6 Å². The topological polar surface area (TPSA) is 53.4 Å². The van der Waals surface area contributed by atoms with Gasteiger partial charge in [0.2, 0.25) is 0 Å². The van der Waals surface area contributed by atoms with E-state index in [1.807, 2.05) is 36.1 Å². The van der Waals surface area contributed by atoms with Gasteiger partial charge in [0, 0.05) is 6.54 Å². The van der Waals surface area contributed by atoms with E-state index in [1.54, 1.807) is 11.3 Å². The summed E-state index contributed by atoms with van der Waals surface area (Å²) in [7, 11) is 0. The number of benzene rings is 1. The SMILES string of the molecule is CC1CCCN(c2nc3ccccc3s2)C1C(=O)O. The number of hydrogen-bond donors (Lipinski definition) is 1. The fraction of sp³-hybridized carbons (Fsp3) is 0.429. The fourth-order valence-electron chi connectivity index (χ4n) is 2.76. The summed E-state index contributed by atoms with van der Waals surface area (Å²) in [6.07, 6.45) is 2.00. The molecular weight excluding hydrogens is 260 g/mol. The molecule has 1 aromatic carbocycles. The summed E-state index contributed by atoms with van der Waals surface area (Å²) in [5.74, 6) is -0.579. The van der Waals surface area contributed by atoms with E-state index in [0.29, 0.717) is 0 Å². The van der Waals surface area contributed by atoms with Crippen molar-refractivity contribution in [2.24, 2.45) is 5.92 Å². The van der Waals surface area contributed by atoms with Crippen molar-refractivity contribution in [3.63, 3.8) is 0 Å². The first kappa shape index (κ1) is 12.4. The van der Waals surface area contributed by atoms with E-state index in [4.69, 9.17) is 0 Å². The lowest BCUT2D eigenvalue weighted by atomic mass is 9.91. The van der Waals surface area contributed by atoms with E-state index in [1.165, 1.54) is 0 Å². The zero-order valence-electron chi connectivity index (χ0n) is 10.7. The molecule has 2 atom stereocenters. The van der Waals surface area contributed by atoms with Crippen molar-refractivity contribution in [1.82, 2.24) is 4.98 Å². The third-order valence-electron chi connectivity index (χ3n) is 3.71. The van der Waals surface area contributed by atoms with Crippen LogP contribution in [0.4, 0.5) is 5.13 Å². The Morgan fingerprint density at radius 2 is 2.26 bits per heavy atom. The average Bonchev–Trinajstić information content (AvgIpc) is 2.81. The number of aromatic nitrogens is 1. The van der Waals surface area contributed by atoms with E-state index in [2.05, 4.69) is 4.98 Å². The van der Waals surface area contributed by atoms with E-state index >= 15 is 0 Å². The minimum Gasteiger partial charge on any atom is -0.480 e. The Bertz CT molecular complexity index is 577. The number of carbonyl (C=O) groups is 1. The average molecular weight is 276 g/mol. The molecule has 0 saturated carbocycles. The molecule has 0 amide bonds. The molecule has 1 aliphatic rings. The molecule has 3 rings (SSSR count). The van der Waals surface area contributed by atoms with Crippen LogP contribution in [0.3, 0.4) is 0 Å². The van der Waals surface area contributed by atoms with Crippen LogP contribution in [0.1, 0.15) is 19.8 Å². The highest BCUT2D eigenvalue weighted by Gasteiger charge is 2.35. The normalized spacial score (nSPS) is 23.7. The second kappa shape index (κ2) is 4.81. The fourth-order valence-corrected chi connectivity index (χ4v) is 3.79. The van der Waals surface area contributed by atoms with E-state index in [9.17, 15) is 9.90 Å². The molecule has 5 heteroatoms. The monoisotopic (exact) mass is 276 g/mol. The number of carboxylic acid groups (broad SMARTS) is 1. The van der Waals surface area contributed by atoms with Gasteiger partial charge in [0.25, 0.3) is 0 Å². The van der Waals surface area contributed by atoms with Crippen LogP contribution in [-0.2, 0) is 4.79 Å². The van der Waals surface area contributed by atoms with Gasteiger partial charge < -0.3 is 10.0 Å². The maximum absolute atomic E-state index is 11.5. The van der Waals surface area contributed by atoms with Crippen LogP contribution >= 0.6 is 11.3 Å². The Hall–Kier alpha value is -1.62. The van der Waals surface area contributed by atoms with Crippen LogP contribution in [0.15, 0.2) is 24.3 Å². The van der Waals surface area contributed by atoms with Gasteiger partial charge in [-0.3, -0.25) is 0 Å². The van der Waals surface area contributed by atoms with Crippen LogP contribution in [0.2, 0.25) is 0 Å². The number of fused-ring (bicyclic) bond motifs is 1. The molecule has 1 aliphatic heterocycles. The molecule has 2 heterocycles. The van der Waals surface area contributed by atoms with Crippen LogP contribution < -0.4 is 4.90 Å². The Morgan fingerprint density at radius 3 is 3.00 bits per heavy atom. The second-order valence-corrected chi connectivity index (χ2v) is 6.07. The first-order valence-corrected chi connectivity index (χ1v) is 7.33.